The van der Waals surface area contributed by atoms with Gasteiger partial charge in [-0.3, -0.25) is 0 Å². The highest BCUT2D eigenvalue weighted by molar-refractivity contribution is 5.07. The SMILES string of the molecule is CCCC1(O)OC1(CC)CO. The summed E-state index contributed by atoms with van der Waals surface area (Å²) < 4.78 is 5.14. The maximum absolute atomic E-state index is 9.66. The molecule has 1 aliphatic heterocycles. The van der Waals surface area contributed by atoms with E-state index in [0.29, 0.717) is 12.8 Å². The minimum Gasteiger partial charge on any atom is -0.393 e. The van der Waals surface area contributed by atoms with Crippen LogP contribution >= 0.6 is 0 Å². The molecule has 2 unspecified atom stereocenters. The van der Waals surface area contributed by atoms with Gasteiger partial charge in [0, 0.05) is 6.42 Å². The quantitative estimate of drug-likeness (QED) is 0.593. The van der Waals surface area contributed by atoms with Crippen LogP contribution in [0.2, 0.25) is 0 Å². The third-order valence-electron chi connectivity index (χ3n) is 2.45. The molecule has 1 heterocycles. The Morgan fingerprint density at radius 1 is 1.36 bits per heavy atom. The van der Waals surface area contributed by atoms with Crippen molar-refractivity contribution in [2.45, 2.75) is 44.5 Å². The first kappa shape index (κ1) is 8.97. The molecule has 3 heteroatoms. The van der Waals surface area contributed by atoms with E-state index in [1.807, 2.05) is 13.8 Å². The van der Waals surface area contributed by atoms with Crippen molar-refractivity contribution in [1.29, 1.82) is 0 Å². The molecule has 0 aromatic carbocycles. The molecule has 66 valence electrons. The van der Waals surface area contributed by atoms with E-state index in [1.54, 1.807) is 0 Å². The standard InChI is InChI=1S/C8H16O3/c1-3-5-8(10)7(4-2,6-9)11-8/h9-10H,3-6H2,1-2H3. The molecule has 1 rings (SSSR count). The molecular formula is C8H16O3. The lowest BCUT2D eigenvalue weighted by molar-refractivity contribution is 0.0274. The molecule has 0 aromatic rings. The van der Waals surface area contributed by atoms with Crippen LogP contribution in [-0.4, -0.2) is 28.2 Å². The first-order valence-corrected chi connectivity index (χ1v) is 4.17. The Morgan fingerprint density at radius 2 is 2.00 bits per heavy atom. The molecule has 0 amide bonds. The van der Waals surface area contributed by atoms with Crippen molar-refractivity contribution in [1.82, 2.24) is 0 Å². The highest BCUT2D eigenvalue weighted by Gasteiger charge is 2.67. The third kappa shape index (κ3) is 1.17. The van der Waals surface area contributed by atoms with Gasteiger partial charge in [-0.1, -0.05) is 20.3 Å². The zero-order chi connectivity index (χ0) is 8.54. The van der Waals surface area contributed by atoms with Crippen molar-refractivity contribution in [2.24, 2.45) is 0 Å². The lowest BCUT2D eigenvalue weighted by Crippen LogP contribution is -2.28. The maximum atomic E-state index is 9.66. The molecule has 0 bridgehead atoms. The van der Waals surface area contributed by atoms with Crippen LogP contribution < -0.4 is 0 Å². The van der Waals surface area contributed by atoms with Gasteiger partial charge in [0.2, 0.25) is 0 Å². The van der Waals surface area contributed by atoms with E-state index in [9.17, 15) is 5.11 Å². The monoisotopic (exact) mass is 160 g/mol. The van der Waals surface area contributed by atoms with E-state index < -0.39 is 11.4 Å². The van der Waals surface area contributed by atoms with E-state index in [-0.39, 0.29) is 6.61 Å². The number of epoxide rings is 1. The van der Waals surface area contributed by atoms with Gasteiger partial charge >= 0.3 is 0 Å². The van der Waals surface area contributed by atoms with Crippen molar-refractivity contribution < 1.29 is 14.9 Å². The average Bonchev–Trinajstić information content (AvgIpc) is 2.58. The fraction of sp³-hybridized carbons (Fsp3) is 1.00. The van der Waals surface area contributed by atoms with Crippen LogP contribution in [0.1, 0.15) is 33.1 Å². The minimum atomic E-state index is -1.04. The number of hydrogen-bond donors (Lipinski definition) is 2. The molecule has 0 aromatic heterocycles. The van der Waals surface area contributed by atoms with E-state index in [1.165, 1.54) is 0 Å². The number of rotatable bonds is 4. The van der Waals surface area contributed by atoms with E-state index in [2.05, 4.69) is 0 Å². The summed E-state index contributed by atoms with van der Waals surface area (Å²) in [5.74, 6) is -1.04. The van der Waals surface area contributed by atoms with E-state index in [0.717, 1.165) is 6.42 Å². The van der Waals surface area contributed by atoms with Gasteiger partial charge in [0.25, 0.3) is 0 Å². The Kier molecular flexibility index (Phi) is 2.23. The van der Waals surface area contributed by atoms with Gasteiger partial charge < -0.3 is 14.9 Å². The first-order valence-electron chi connectivity index (χ1n) is 4.17. The van der Waals surface area contributed by atoms with Crippen LogP contribution in [0.15, 0.2) is 0 Å². The molecule has 0 radical (unpaired) electrons. The average molecular weight is 160 g/mol. The molecule has 3 nitrogen and oxygen atoms in total. The summed E-state index contributed by atoms with van der Waals surface area (Å²) in [6.45, 7) is 3.81. The summed E-state index contributed by atoms with van der Waals surface area (Å²) in [5.41, 5.74) is -0.650. The van der Waals surface area contributed by atoms with Crippen LogP contribution in [0.25, 0.3) is 0 Å². The van der Waals surface area contributed by atoms with E-state index in [4.69, 9.17) is 9.84 Å². The summed E-state index contributed by atoms with van der Waals surface area (Å²) >= 11 is 0. The molecule has 0 aliphatic carbocycles. The van der Waals surface area contributed by atoms with Crippen molar-refractivity contribution in [3.05, 3.63) is 0 Å². The lowest BCUT2D eigenvalue weighted by atomic mass is 9.97. The summed E-state index contributed by atoms with van der Waals surface area (Å²) in [6, 6.07) is 0. The zero-order valence-corrected chi connectivity index (χ0v) is 7.13. The largest absolute Gasteiger partial charge is 0.393 e. The fourth-order valence-electron chi connectivity index (χ4n) is 1.53. The Morgan fingerprint density at radius 3 is 2.27 bits per heavy atom. The number of aliphatic hydroxyl groups is 2. The van der Waals surface area contributed by atoms with Gasteiger partial charge in [-0.15, -0.1) is 0 Å². The van der Waals surface area contributed by atoms with E-state index >= 15 is 0 Å². The number of ether oxygens (including phenoxy) is 1. The molecule has 1 aliphatic rings. The van der Waals surface area contributed by atoms with Crippen LogP contribution in [0.5, 0.6) is 0 Å². The van der Waals surface area contributed by atoms with Gasteiger partial charge in [0.05, 0.1) is 6.61 Å². The Hall–Kier alpha value is -0.120. The minimum absolute atomic E-state index is 0.0833. The summed E-state index contributed by atoms with van der Waals surface area (Å²) in [4.78, 5) is 0. The Balaban J connectivity index is 2.53. The molecule has 11 heavy (non-hydrogen) atoms. The van der Waals surface area contributed by atoms with Crippen LogP contribution in [0.4, 0.5) is 0 Å². The smallest absolute Gasteiger partial charge is 0.198 e. The normalized spacial score (nSPS) is 42.5. The van der Waals surface area contributed by atoms with Crippen LogP contribution in [0.3, 0.4) is 0 Å². The summed E-state index contributed by atoms with van der Waals surface area (Å²) in [5, 5.41) is 18.6. The van der Waals surface area contributed by atoms with Crippen molar-refractivity contribution in [3.8, 4) is 0 Å². The predicted molar refractivity (Wildman–Crippen MR) is 41.1 cm³/mol. The third-order valence-corrected chi connectivity index (χ3v) is 2.45. The molecule has 1 saturated heterocycles. The van der Waals surface area contributed by atoms with Gasteiger partial charge in [-0.25, -0.2) is 0 Å². The highest BCUT2D eigenvalue weighted by atomic mass is 16.8. The lowest BCUT2D eigenvalue weighted by Gasteiger charge is -2.09. The van der Waals surface area contributed by atoms with Gasteiger partial charge in [-0.2, -0.15) is 0 Å². The first-order chi connectivity index (χ1) is 5.14. The van der Waals surface area contributed by atoms with Crippen molar-refractivity contribution in [2.75, 3.05) is 6.61 Å². The topological polar surface area (TPSA) is 53.0 Å². The zero-order valence-electron chi connectivity index (χ0n) is 7.13. The summed E-state index contributed by atoms with van der Waals surface area (Å²) in [7, 11) is 0. The van der Waals surface area contributed by atoms with Crippen molar-refractivity contribution >= 4 is 0 Å². The fourth-order valence-corrected chi connectivity index (χ4v) is 1.53. The molecule has 1 fully saturated rings. The maximum Gasteiger partial charge on any atom is 0.198 e. The Labute approximate surface area is 67.0 Å². The molecule has 0 saturated carbocycles. The second-order valence-corrected chi connectivity index (χ2v) is 3.14. The molecule has 2 N–H and O–H groups in total. The predicted octanol–water partition coefficient (Wildman–Crippen LogP) is 0.646. The van der Waals surface area contributed by atoms with Gasteiger partial charge in [0.15, 0.2) is 5.79 Å². The molecule has 2 atom stereocenters. The van der Waals surface area contributed by atoms with Crippen LogP contribution in [-0.2, 0) is 4.74 Å². The highest BCUT2D eigenvalue weighted by Crippen LogP contribution is 2.50. The number of aliphatic hydroxyl groups excluding tert-OH is 1. The van der Waals surface area contributed by atoms with Crippen LogP contribution in [0, 0.1) is 0 Å². The van der Waals surface area contributed by atoms with Crippen molar-refractivity contribution in [3.63, 3.8) is 0 Å². The summed E-state index contributed by atoms with van der Waals surface area (Å²) in [6.07, 6.45) is 2.15. The molecular weight excluding hydrogens is 144 g/mol. The van der Waals surface area contributed by atoms with Gasteiger partial charge in [-0.05, 0) is 6.42 Å². The number of hydrogen-bond acceptors (Lipinski definition) is 3. The second-order valence-electron chi connectivity index (χ2n) is 3.14. The van der Waals surface area contributed by atoms with Gasteiger partial charge in [0.1, 0.15) is 5.60 Å². The Bertz CT molecular complexity index is 142. The second kappa shape index (κ2) is 2.73. The molecule has 0 spiro atoms.